The lowest BCUT2D eigenvalue weighted by Crippen LogP contribution is -2.11. The van der Waals surface area contributed by atoms with Gasteiger partial charge in [0.25, 0.3) is 5.91 Å². The van der Waals surface area contributed by atoms with E-state index in [1.807, 2.05) is 24.3 Å². The molecule has 122 valence electrons. The smallest absolute Gasteiger partial charge is 0.338 e. The maximum atomic E-state index is 12.4. The Hall–Kier alpha value is -2.37. The Kier molecular flexibility index (Phi) is 4.83. The van der Waals surface area contributed by atoms with Crippen LogP contribution in [-0.2, 0) is 4.74 Å². The second kappa shape index (κ2) is 7.03. The van der Waals surface area contributed by atoms with Crippen molar-refractivity contribution in [2.75, 3.05) is 11.9 Å². The highest BCUT2D eigenvalue weighted by Gasteiger charge is 2.17. The Morgan fingerprint density at radius 1 is 1.12 bits per heavy atom. The number of thiophene rings is 1. The minimum absolute atomic E-state index is 0.273. The van der Waals surface area contributed by atoms with E-state index < -0.39 is 0 Å². The first-order chi connectivity index (χ1) is 11.6. The standard InChI is InChI=1S/C18H14ClNO3S/c1-2-23-18(22)11-7-9-12(10-8-11)20-17(21)16-15(19)13-5-3-4-6-14(13)24-16/h3-10H,2H2,1H3,(H,20,21). The van der Waals surface area contributed by atoms with Crippen LogP contribution in [0.4, 0.5) is 5.69 Å². The van der Waals surface area contributed by atoms with Gasteiger partial charge in [0, 0.05) is 15.8 Å². The number of carbonyl (C=O) groups excluding carboxylic acids is 2. The summed E-state index contributed by atoms with van der Waals surface area (Å²) in [5.41, 5.74) is 1.02. The fraction of sp³-hybridized carbons (Fsp3) is 0.111. The topological polar surface area (TPSA) is 55.4 Å². The molecule has 0 saturated carbocycles. The second-order valence-corrected chi connectivity index (χ2v) is 6.42. The molecule has 0 unspecified atom stereocenters. The zero-order chi connectivity index (χ0) is 17.1. The van der Waals surface area contributed by atoms with E-state index in [1.165, 1.54) is 11.3 Å². The van der Waals surface area contributed by atoms with Crippen LogP contribution in [0.5, 0.6) is 0 Å². The fourth-order valence-electron chi connectivity index (χ4n) is 2.25. The Morgan fingerprint density at radius 2 is 1.83 bits per heavy atom. The van der Waals surface area contributed by atoms with Crippen LogP contribution >= 0.6 is 22.9 Å². The summed E-state index contributed by atoms with van der Waals surface area (Å²) < 4.78 is 5.89. The lowest BCUT2D eigenvalue weighted by atomic mass is 10.2. The van der Waals surface area contributed by atoms with Gasteiger partial charge in [-0.1, -0.05) is 29.8 Å². The Morgan fingerprint density at radius 3 is 2.50 bits per heavy atom. The monoisotopic (exact) mass is 359 g/mol. The van der Waals surface area contributed by atoms with Crippen molar-refractivity contribution in [3.05, 3.63) is 64.0 Å². The molecule has 4 nitrogen and oxygen atoms in total. The molecule has 3 rings (SSSR count). The van der Waals surface area contributed by atoms with Crippen LogP contribution in [0.3, 0.4) is 0 Å². The fourth-order valence-corrected chi connectivity index (χ4v) is 3.66. The highest BCUT2D eigenvalue weighted by molar-refractivity contribution is 7.21. The summed E-state index contributed by atoms with van der Waals surface area (Å²) in [5.74, 6) is -0.659. The molecule has 0 aliphatic heterocycles. The van der Waals surface area contributed by atoms with Crippen LogP contribution < -0.4 is 5.32 Å². The van der Waals surface area contributed by atoms with Gasteiger partial charge < -0.3 is 10.1 Å². The van der Waals surface area contributed by atoms with E-state index in [4.69, 9.17) is 16.3 Å². The average molecular weight is 360 g/mol. The van der Waals surface area contributed by atoms with E-state index in [0.29, 0.717) is 27.8 Å². The van der Waals surface area contributed by atoms with Crippen LogP contribution in [0.1, 0.15) is 27.0 Å². The first-order valence-electron chi connectivity index (χ1n) is 7.35. The molecular formula is C18H14ClNO3S. The van der Waals surface area contributed by atoms with Crippen LogP contribution in [0.25, 0.3) is 10.1 Å². The van der Waals surface area contributed by atoms with Gasteiger partial charge in [0.05, 0.1) is 17.2 Å². The van der Waals surface area contributed by atoms with Gasteiger partial charge in [-0.15, -0.1) is 11.3 Å². The number of esters is 1. The Bertz CT molecular complexity index is 902. The zero-order valence-corrected chi connectivity index (χ0v) is 14.4. The number of fused-ring (bicyclic) bond motifs is 1. The van der Waals surface area contributed by atoms with Gasteiger partial charge in [0.1, 0.15) is 4.88 Å². The highest BCUT2D eigenvalue weighted by atomic mass is 35.5. The molecule has 0 bridgehead atoms. The molecule has 1 heterocycles. The molecule has 24 heavy (non-hydrogen) atoms. The third-order valence-electron chi connectivity index (χ3n) is 3.40. The lowest BCUT2D eigenvalue weighted by Gasteiger charge is -2.06. The molecule has 2 aromatic carbocycles. The molecule has 0 saturated heterocycles. The van der Waals surface area contributed by atoms with E-state index in [0.717, 1.165) is 10.1 Å². The number of hydrogen-bond acceptors (Lipinski definition) is 4. The largest absolute Gasteiger partial charge is 0.462 e. The summed E-state index contributed by atoms with van der Waals surface area (Å²) >= 11 is 7.66. The molecule has 1 N–H and O–H groups in total. The van der Waals surface area contributed by atoms with Gasteiger partial charge in [-0.05, 0) is 37.3 Å². The van der Waals surface area contributed by atoms with E-state index in [-0.39, 0.29) is 11.9 Å². The molecular weight excluding hydrogens is 346 g/mol. The Labute approximate surface area is 148 Å². The van der Waals surface area contributed by atoms with Crippen LogP contribution in [0, 0.1) is 0 Å². The zero-order valence-electron chi connectivity index (χ0n) is 12.8. The summed E-state index contributed by atoms with van der Waals surface area (Å²) in [5, 5.41) is 4.12. The van der Waals surface area contributed by atoms with E-state index >= 15 is 0 Å². The van der Waals surface area contributed by atoms with Gasteiger partial charge in [0.15, 0.2) is 0 Å². The number of rotatable bonds is 4. The first kappa shape index (κ1) is 16.5. The molecule has 0 atom stereocenters. The van der Waals surface area contributed by atoms with Gasteiger partial charge in [-0.3, -0.25) is 4.79 Å². The summed E-state index contributed by atoms with van der Waals surface area (Å²) in [4.78, 5) is 24.5. The van der Waals surface area contributed by atoms with Crippen molar-refractivity contribution < 1.29 is 14.3 Å². The van der Waals surface area contributed by atoms with Crippen LogP contribution in [0.2, 0.25) is 5.02 Å². The number of hydrogen-bond donors (Lipinski definition) is 1. The molecule has 0 fully saturated rings. The van der Waals surface area contributed by atoms with Crippen molar-refractivity contribution in [1.82, 2.24) is 0 Å². The first-order valence-corrected chi connectivity index (χ1v) is 8.55. The van der Waals surface area contributed by atoms with Gasteiger partial charge >= 0.3 is 5.97 Å². The van der Waals surface area contributed by atoms with Crippen molar-refractivity contribution in [2.45, 2.75) is 6.92 Å². The normalized spacial score (nSPS) is 10.6. The van der Waals surface area contributed by atoms with E-state index in [1.54, 1.807) is 31.2 Å². The predicted octanol–water partition coefficient (Wildman–Crippen LogP) is 4.98. The van der Waals surface area contributed by atoms with Gasteiger partial charge in [0.2, 0.25) is 0 Å². The third-order valence-corrected chi connectivity index (χ3v) is 5.07. The molecule has 0 aliphatic carbocycles. The average Bonchev–Trinajstić information content (AvgIpc) is 2.93. The highest BCUT2D eigenvalue weighted by Crippen LogP contribution is 2.35. The van der Waals surface area contributed by atoms with Crippen LogP contribution in [-0.4, -0.2) is 18.5 Å². The molecule has 1 amide bonds. The maximum absolute atomic E-state index is 12.4. The SMILES string of the molecule is CCOC(=O)c1ccc(NC(=O)c2sc3ccccc3c2Cl)cc1. The van der Waals surface area contributed by atoms with Gasteiger partial charge in [-0.25, -0.2) is 4.79 Å². The van der Waals surface area contributed by atoms with Crippen molar-refractivity contribution in [3.63, 3.8) is 0 Å². The molecule has 6 heteroatoms. The minimum atomic E-state index is -0.386. The van der Waals surface area contributed by atoms with Crippen molar-refractivity contribution >= 4 is 50.6 Å². The third kappa shape index (κ3) is 3.27. The summed E-state index contributed by atoms with van der Waals surface area (Å²) in [7, 11) is 0. The number of benzene rings is 2. The lowest BCUT2D eigenvalue weighted by molar-refractivity contribution is 0.0526. The molecule has 3 aromatic rings. The van der Waals surface area contributed by atoms with Crippen molar-refractivity contribution in [1.29, 1.82) is 0 Å². The molecule has 0 radical (unpaired) electrons. The van der Waals surface area contributed by atoms with E-state index in [9.17, 15) is 9.59 Å². The summed E-state index contributed by atoms with van der Waals surface area (Å²) in [6, 6.07) is 14.1. The number of nitrogens with one attached hydrogen (secondary N) is 1. The quantitative estimate of drug-likeness (QED) is 0.668. The minimum Gasteiger partial charge on any atom is -0.462 e. The Balaban J connectivity index is 1.79. The van der Waals surface area contributed by atoms with Crippen LogP contribution in [0.15, 0.2) is 48.5 Å². The second-order valence-electron chi connectivity index (χ2n) is 4.99. The van der Waals surface area contributed by atoms with Crippen molar-refractivity contribution in [3.8, 4) is 0 Å². The van der Waals surface area contributed by atoms with E-state index in [2.05, 4.69) is 5.32 Å². The van der Waals surface area contributed by atoms with Crippen molar-refractivity contribution in [2.24, 2.45) is 0 Å². The van der Waals surface area contributed by atoms with Gasteiger partial charge in [-0.2, -0.15) is 0 Å². The molecule has 0 aliphatic rings. The number of ether oxygens (including phenoxy) is 1. The predicted molar refractivity (Wildman–Crippen MR) is 97.2 cm³/mol. The maximum Gasteiger partial charge on any atom is 0.338 e. The summed E-state index contributed by atoms with van der Waals surface area (Å²) in [6.07, 6.45) is 0. The number of halogens is 1. The number of amides is 1. The number of anilines is 1. The number of carbonyl (C=O) groups is 2. The molecule has 0 spiro atoms. The molecule has 1 aromatic heterocycles. The summed E-state index contributed by atoms with van der Waals surface area (Å²) in [6.45, 7) is 2.07.